The largest absolute Gasteiger partial charge is 0.321 e. The molecule has 0 amide bonds. The van der Waals surface area contributed by atoms with Crippen LogP contribution in [-0.4, -0.2) is 16.2 Å². The highest BCUT2D eigenvalue weighted by molar-refractivity contribution is 6.11. The van der Waals surface area contributed by atoms with E-state index < -0.39 is 5.41 Å². The number of anilines is 4. The molecule has 3 heterocycles. The topological polar surface area (TPSA) is 24.3 Å². The molecule has 1 aliphatic heterocycles. The zero-order valence-electron chi connectivity index (χ0n) is 51.9. The Morgan fingerprint density at radius 1 is 0.310 bits per heavy atom. The normalized spacial score (nSPS) is 13.5. The Balaban J connectivity index is 1.09. The zero-order valence-corrected chi connectivity index (χ0v) is 51.9. The van der Waals surface area contributed by atoms with Gasteiger partial charge in [-0.25, -0.2) is 4.98 Å². The van der Waals surface area contributed by atoms with Gasteiger partial charge < -0.3 is 9.80 Å². The standard InChI is InChI=1S/C80H82N4/c1-75(2,3)62-43-55(44-63(46-62)76(4,5)6)54-37-40-70-69(45-54)68-39-38-61(51-73(68)84(70)74-52-59(41-42-81-74)79(13,14)56-27-18-15-19-28-56)80(57-29-20-16-21-30-57,58-31-22-17-23-32-58)60-33-26-34-66(48-60)82-53-83(72-36-25-24-35-71(72)82)67-49-64(77(7,8)9)47-65(50-67)78(10,11)12/h15-52H,53H2,1-14H3. The fraction of sp³-hybridized carbons (Fsp3) is 0.263. The van der Waals surface area contributed by atoms with Gasteiger partial charge in [-0.05, 0) is 155 Å². The molecule has 2 aromatic heterocycles. The summed E-state index contributed by atoms with van der Waals surface area (Å²) in [6, 6.07) is 84.9. The molecule has 1 aliphatic rings. The molecule has 0 saturated carbocycles. The van der Waals surface area contributed by atoms with Crippen molar-refractivity contribution in [2.45, 2.75) is 129 Å². The van der Waals surface area contributed by atoms with Gasteiger partial charge in [0.25, 0.3) is 0 Å². The molecule has 0 aliphatic carbocycles. The van der Waals surface area contributed by atoms with Crippen molar-refractivity contribution in [3.05, 3.63) is 286 Å². The van der Waals surface area contributed by atoms with E-state index in [1.165, 1.54) is 94.6 Å². The molecule has 84 heavy (non-hydrogen) atoms. The molecule has 0 fully saturated rings. The van der Waals surface area contributed by atoms with Crippen LogP contribution < -0.4 is 9.80 Å². The molecular weight excluding hydrogens is 1020 g/mol. The van der Waals surface area contributed by atoms with E-state index in [-0.39, 0.29) is 27.1 Å². The number of para-hydroxylation sites is 2. The predicted molar refractivity (Wildman–Crippen MR) is 358 cm³/mol. The summed E-state index contributed by atoms with van der Waals surface area (Å²) >= 11 is 0. The summed E-state index contributed by atoms with van der Waals surface area (Å²) in [7, 11) is 0. The lowest BCUT2D eigenvalue weighted by Crippen LogP contribution is -2.31. The maximum Gasteiger partial charge on any atom is 0.137 e. The Bertz CT molecular complexity index is 4130. The van der Waals surface area contributed by atoms with E-state index in [2.05, 4.69) is 336 Å². The lowest BCUT2D eigenvalue weighted by atomic mass is 9.65. The maximum atomic E-state index is 5.30. The molecule has 0 saturated heterocycles. The van der Waals surface area contributed by atoms with Gasteiger partial charge in [0.1, 0.15) is 12.5 Å². The van der Waals surface area contributed by atoms with Crippen molar-refractivity contribution in [2.75, 3.05) is 16.5 Å². The van der Waals surface area contributed by atoms with Crippen molar-refractivity contribution in [1.29, 1.82) is 0 Å². The Morgan fingerprint density at radius 2 is 0.786 bits per heavy atom. The molecule has 0 unspecified atom stereocenters. The van der Waals surface area contributed by atoms with Crippen molar-refractivity contribution in [2.24, 2.45) is 0 Å². The van der Waals surface area contributed by atoms with Crippen LogP contribution in [0.25, 0.3) is 38.8 Å². The minimum absolute atomic E-state index is 0.0171. The third-order valence-electron chi connectivity index (χ3n) is 18.1. The van der Waals surface area contributed by atoms with E-state index in [0.29, 0.717) is 6.67 Å². The van der Waals surface area contributed by atoms with Crippen LogP contribution in [0.15, 0.2) is 231 Å². The van der Waals surface area contributed by atoms with Crippen molar-refractivity contribution < 1.29 is 0 Å². The van der Waals surface area contributed by atoms with E-state index in [9.17, 15) is 0 Å². The number of pyridine rings is 1. The molecule has 422 valence electrons. The van der Waals surface area contributed by atoms with Gasteiger partial charge in [0.2, 0.25) is 0 Å². The summed E-state index contributed by atoms with van der Waals surface area (Å²) in [5, 5.41) is 2.37. The van der Waals surface area contributed by atoms with E-state index in [1.54, 1.807) is 0 Å². The van der Waals surface area contributed by atoms with Crippen LogP contribution in [0.1, 0.15) is 153 Å². The number of aromatic nitrogens is 2. The molecule has 4 heteroatoms. The molecule has 0 bridgehead atoms. The van der Waals surface area contributed by atoms with Crippen LogP contribution >= 0.6 is 0 Å². The third-order valence-corrected chi connectivity index (χ3v) is 18.1. The number of hydrogen-bond donors (Lipinski definition) is 0. The van der Waals surface area contributed by atoms with Crippen molar-refractivity contribution in [3.8, 4) is 16.9 Å². The highest BCUT2D eigenvalue weighted by Gasteiger charge is 2.40. The summed E-state index contributed by atoms with van der Waals surface area (Å²) in [6.07, 6.45) is 2.00. The van der Waals surface area contributed by atoms with E-state index in [4.69, 9.17) is 4.98 Å². The Hall–Kier alpha value is -8.47. The molecule has 9 aromatic carbocycles. The van der Waals surface area contributed by atoms with Crippen LogP contribution in [0.4, 0.5) is 22.7 Å². The van der Waals surface area contributed by atoms with E-state index >= 15 is 0 Å². The first-order valence-corrected chi connectivity index (χ1v) is 30.2. The van der Waals surface area contributed by atoms with Gasteiger partial charge in [0.05, 0.1) is 27.8 Å². The van der Waals surface area contributed by atoms with E-state index in [0.717, 1.165) is 22.5 Å². The number of hydrogen-bond acceptors (Lipinski definition) is 3. The second-order valence-corrected chi connectivity index (χ2v) is 28.3. The number of fused-ring (bicyclic) bond motifs is 4. The van der Waals surface area contributed by atoms with Crippen LogP contribution in [-0.2, 0) is 32.5 Å². The minimum Gasteiger partial charge on any atom is -0.321 e. The number of nitrogens with zero attached hydrogens (tertiary/aromatic N) is 4. The van der Waals surface area contributed by atoms with Crippen LogP contribution in [0.3, 0.4) is 0 Å². The van der Waals surface area contributed by atoms with Gasteiger partial charge in [0, 0.05) is 33.8 Å². The Kier molecular flexibility index (Phi) is 13.8. The van der Waals surface area contributed by atoms with Gasteiger partial charge in [-0.3, -0.25) is 4.57 Å². The fourth-order valence-corrected chi connectivity index (χ4v) is 12.9. The first kappa shape index (κ1) is 56.0. The molecule has 11 aromatic rings. The average molecular weight is 1100 g/mol. The maximum absolute atomic E-state index is 5.30. The number of rotatable bonds is 10. The lowest BCUT2D eigenvalue weighted by Gasteiger charge is -2.37. The summed E-state index contributed by atoms with van der Waals surface area (Å²) in [4.78, 5) is 10.3. The first-order valence-electron chi connectivity index (χ1n) is 30.2. The first-order chi connectivity index (χ1) is 39.9. The second kappa shape index (κ2) is 20.7. The van der Waals surface area contributed by atoms with Gasteiger partial charge in [0.15, 0.2) is 0 Å². The molecule has 0 radical (unpaired) electrons. The molecule has 4 nitrogen and oxygen atoms in total. The van der Waals surface area contributed by atoms with Gasteiger partial charge >= 0.3 is 0 Å². The smallest absolute Gasteiger partial charge is 0.137 e. The van der Waals surface area contributed by atoms with E-state index in [1.807, 2.05) is 6.20 Å². The highest BCUT2D eigenvalue weighted by atomic mass is 15.4. The Labute approximate surface area is 500 Å². The van der Waals surface area contributed by atoms with Crippen LogP contribution in [0, 0.1) is 0 Å². The van der Waals surface area contributed by atoms with Gasteiger partial charge in [-0.1, -0.05) is 255 Å². The predicted octanol–water partition coefficient (Wildman–Crippen LogP) is 21.0. The quantitative estimate of drug-likeness (QED) is 0.128. The second-order valence-electron chi connectivity index (χ2n) is 28.3. The Morgan fingerprint density at radius 3 is 1.33 bits per heavy atom. The average Bonchev–Trinajstić information content (AvgIpc) is 1.63. The molecule has 12 rings (SSSR count). The zero-order chi connectivity index (χ0) is 59.1. The lowest BCUT2D eigenvalue weighted by molar-refractivity contribution is 0.568. The van der Waals surface area contributed by atoms with Crippen molar-refractivity contribution in [3.63, 3.8) is 0 Å². The minimum atomic E-state index is -0.762. The van der Waals surface area contributed by atoms with Gasteiger partial charge in [-0.15, -0.1) is 0 Å². The fourth-order valence-electron chi connectivity index (χ4n) is 12.9. The molecular formula is C80H82N4. The third kappa shape index (κ3) is 10.0. The summed E-state index contributed by atoms with van der Waals surface area (Å²) in [5.74, 6) is 0.887. The summed E-state index contributed by atoms with van der Waals surface area (Å²) < 4.78 is 2.43. The van der Waals surface area contributed by atoms with Gasteiger partial charge in [-0.2, -0.15) is 0 Å². The van der Waals surface area contributed by atoms with Crippen molar-refractivity contribution in [1.82, 2.24) is 9.55 Å². The summed E-state index contributed by atoms with van der Waals surface area (Å²) in [6.45, 7) is 33.2. The van der Waals surface area contributed by atoms with Crippen molar-refractivity contribution >= 4 is 44.6 Å². The molecule has 0 atom stereocenters. The molecule has 0 N–H and O–H groups in total. The molecule has 0 spiro atoms. The number of benzene rings is 9. The highest BCUT2D eigenvalue weighted by Crippen LogP contribution is 2.51. The van der Waals surface area contributed by atoms with Crippen LogP contribution in [0.5, 0.6) is 0 Å². The van der Waals surface area contributed by atoms with Crippen LogP contribution in [0.2, 0.25) is 0 Å². The summed E-state index contributed by atoms with van der Waals surface area (Å²) in [5.41, 5.74) is 20.8. The monoisotopic (exact) mass is 1100 g/mol. The SMILES string of the molecule is CC(C)(C)c1cc(-c2ccc3c(c2)c2ccc(C(c4ccccc4)(c4ccccc4)c4cccc(N5CN(c6cc(C(C)(C)C)cc(C(C)(C)C)c6)c6ccccc65)c4)cc2n3-c2cc(C(C)(C)c3ccccc3)ccn2)cc(C(C)(C)C)c1.